The van der Waals surface area contributed by atoms with Crippen molar-refractivity contribution in [1.29, 1.82) is 0 Å². The third kappa shape index (κ3) is 4.52. The molecule has 0 saturated heterocycles. The highest BCUT2D eigenvalue weighted by atomic mass is 32.1. The summed E-state index contributed by atoms with van der Waals surface area (Å²) in [6.45, 7) is 1.77. The zero-order chi connectivity index (χ0) is 23.0. The number of thiocarbonyl (C=S) groups is 1. The summed E-state index contributed by atoms with van der Waals surface area (Å²) in [5.74, 6) is -0.325. The average Bonchev–Trinajstić information content (AvgIpc) is 3.34. The molecule has 1 N–H and O–H groups in total. The maximum atomic E-state index is 13.1. The molecule has 0 aliphatic heterocycles. The number of hydrogen-bond acceptors (Lipinski definition) is 4. The summed E-state index contributed by atoms with van der Waals surface area (Å²) < 4.78 is 40.9. The average molecular weight is 481 g/mol. The SMILES string of the molecule is Cc1nn(-c2cccc(C(F)(F)F)c2)c2sc(C(=O)NC(=S)N(C)C3CCCCC3)cc12. The molecule has 1 saturated carbocycles. The number of benzene rings is 1. The fraction of sp³-hybridized carbons (Fsp3) is 0.409. The van der Waals surface area contributed by atoms with E-state index in [1.54, 1.807) is 19.1 Å². The van der Waals surface area contributed by atoms with E-state index in [1.165, 1.54) is 28.5 Å². The summed E-state index contributed by atoms with van der Waals surface area (Å²) in [6, 6.07) is 7.03. The Morgan fingerprint density at radius 3 is 2.66 bits per heavy atom. The predicted molar refractivity (Wildman–Crippen MR) is 123 cm³/mol. The number of carbonyl (C=O) groups excluding carboxylic acids is 1. The van der Waals surface area contributed by atoms with Crippen LogP contribution in [0.25, 0.3) is 15.9 Å². The van der Waals surface area contributed by atoms with Crippen molar-refractivity contribution >= 4 is 44.8 Å². The van der Waals surface area contributed by atoms with Crippen LogP contribution in [0.4, 0.5) is 13.2 Å². The van der Waals surface area contributed by atoms with Crippen LogP contribution in [0, 0.1) is 6.92 Å². The number of alkyl halides is 3. The van der Waals surface area contributed by atoms with Gasteiger partial charge in [0.15, 0.2) is 5.11 Å². The Balaban J connectivity index is 1.58. The number of rotatable bonds is 3. The Labute approximate surface area is 193 Å². The Kier molecular flexibility index (Phi) is 6.26. The van der Waals surface area contributed by atoms with E-state index in [0.717, 1.165) is 43.2 Å². The molecule has 3 aromatic rings. The largest absolute Gasteiger partial charge is 0.416 e. The van der Waals surface area contributed by atoms with Gasteiger partial charge in [0.05, 0.1) is 21.8 Å². The Hall–Kier alpha value is -2.46. The lowest BCUT2D eigenvalue weighted by Gasteiger charge is -2.32. The highest BCUT2D eigenvalue weighted by molar-refractivity contribution is 7.80. The lowest BCUT2D eigenvalue weighted by Crippen LogP contribution is -2.46. The van der Waals surface area contributed by atoms with Gasteiger partial charge >= 0.3 is 6.18 Å². The van der Waals surface area contributed by atoms with Gasteiger partial charge in [0.2, 0.25) is 0 Å². The third-order valence-electron chi connectivity index (χ3n) is 5.85. The van der Waals surface area contributed by atoms with Gasteiger partial charge in [0.1, 0.15) is 4.83 Å². The monoisotopic (exact) mass is 480 g/mol. The second kappa shape index (κ2) is 8.82. The predicted octanol–water partition coefficient (Wildman–Crippen LogP) is 5.69. The Morgan fingerprint density at radius 1 is 1.25 bits per heavy atom. The van der Waals surface area contributed by atoms with E-state index >= 15 is 0 Å². The van der Waals surface area contributed by atoms with Gasteiger partial charge in [0, 0.05) is 18.5 Å². The Morgan fingerprint density at radius 2 is 1.97 bits per heavy atom. The lowest BCUT2D eigenvalue weighted by atomic mass is 9.95. The molecule has 1 amide bonds. The number of aromatic nitrogens is 2. The topological polar surface area (TPSA) is 50.2 Å². The standard InChI is InChI=1S/C22H23F3N4OS2/c1-13-17-12-18(19(30)26-21(31)28(2)15-8-4-3-5-9-15)32-20(17)29(27-13)16-10-6-7-14(11-16)22(23,24)25/h6-7,10-12,15H,3-5,8-9H2,1-2H3,(H,26,30,31). The lowest BCUT2D eigenvalue weighted by molar-refractivity contribution is -0.137. The molecule has 1 fully saturated rings. The van der Waals surface area contributed by atoms with E-state index in [4.69, 9.17) is 12.2 Å². The molecular formula is C22H23F3N4OS2. The smallest absolute Gasteiger partial charge is 0.349 e. The summed E-state index contributed by atoms with van der Waals surface area (Å²) >= 11 is 6.63. The molecule has 2 heterocycles. The quantitative estimate of drug-likeness (QED) is 0.489. The summed E-state index contributed by atoms with van der Waals surface area (Å²) in [5.41, 5.74) is 0.177. The molecule has 1 aromatic carbocycles. The normalized spacial score (nSPS) is 15.2. The number of nitrogens with one attached hydrogen (secondary N) is 1. The molecule has 10 heteroatoms. The van der Waals surface area contributed by atoms with Crippen molar-refractivity contribution in [2.75, 3.05) is 7.05 Å². The second-order valence-electron chi connectivity index (χ2n) is 8.04. The summed E-state index contributed by atoms with van der Waals surface area (Å²) in [6.07, 6.45) is 1.22. The molecule has 2 aromatic heterocycles. The first kappa shape index (κ1) is 22.7. The van der Waals surface area contributed by atoms with E-state index in [-0.39, 0.29) is 5.91 Å². The van der Waals surface area contributed by atoms with Crippen LogP contribution in [0.2, 0.25) is 0 Å². The molecule has 0 atom stereocenters. The number of halogens is 3. The van der Waals surface area contributed by atoms with Gasteiger partial charge in [-0.05, 0) is 56.2 Å². The van der Waals surface area contributed by atoms with E-state index in [9.17, 15) is 18.0 Å². The molecule has 1 aliphatic rings. The van der Waals surface area contributed by atoms with Crippen LogP contribution in [0.3, 0.4) is 0 Å². The number of nitrogens with zero attached hydrogens (tertiary/aromatic N) is 3. The van der Waals surface area contributed by atoms with Crippen LogP contribution in [0.5, 0.6) is 0 Å². The van der Waals surface area contributed by atoms with Gasteiger partial charge in [0.25, 0.3) is 5.91 Å². The number of hydrogen-bond donors (Lipinski definition) is 1. The minimum atomic E-state index is -4.45. The van der Waals surface area contributed by atoms with Gasteiger partial charge in [-0.15, -0.1) is 11.3 Å². The molecule has 32 heavy (non-hydrogen) atoms. The maximum Gasteiger partial charge on any atom is 0.416 e. The molecule has 0 radical (unpaired) electrons. The molecule has 5 nitrogen and oxygen atoms in total. The van der Waals surface area contributed by atoms with Gasteiger partial charge in [-0.3, -0.25) is 10.1 Å². The number of carbonyl (C=O) groups is 1. The van der Waals surface area contributed by atoms with Crippen LogP contribution in [-0.2, 0) is 6.18 Å². The molecule has 4 rings (SSSR count). The van der Waals surface area contributed by atoms with Crippen molar-refractivity contribution in [3.8, 4) is 5.69 Å². The van der Waals surface area contributed by atoms with Gasteiger partial charge in [-0.2, -0.15) is 18.3 Å². The van der Waals surface area contributed by atoms with Crippen LogP contribution in [-0.4, -0.2) is 38.8 Å². The fourth-order valence-electron chi connectivity index (χ4n) is 4.03. The molecule has 0 spiro atoms. The third-order valence-corrected chi connectivity index (χ3v) is 7.35. The fourth-order valence-corrected chi connectivity index (χ4v) is 5.35. The van der Waals surface area contributed by atoms with E-state index < -0.39 is 11.7 Å². The van der Waals surface area contributed by atoms with Crippen molar-refractivity contribution in [2.24, 2.45) is 0 Å². The molecular weight excluding hydrogens is 457 g/mol. The molecule has 0 unspecified atom stereocenters. The number of amides is 1. The van der Waals surface area contributed by atoms with Crippen molar-refractivity contribution in [3.63, 3.8) is 0 Å². The number of aryl methyl sites for hydroxylation is 1. The molecule has 1 aliphatic carbocycles. The zero-order valence-corrected chi connectivity index (χ0v) is 19.3. The maximum absolute atomic E-state index is 13.1. The highest BCUT2D eigenvalue weighted by Crippen LogP contribution is 2.33. The zero-order valence-electron chi connectivity index (χ0n) is 17.7. The summed E-state index contributed by atoms with van der Waals surface area (Å²) in [5, 5.41) is 8.30. The van der Waals surface area contributed by atoms with E-state index in [1.807, 2.05) is 11.9 Å². The van der Waals surface area contributed by atoms with Crippen LogP contribution < -0.4 is 5.32 Å². The van der Waals surface area contributed by atoms with Crippen LogP contribution >= 0.6 is 23.6 Å². The van der Waals surface area contributed by atoms with Gasteiger partial charge in [-0.1, -0.05) is 25.3 Å². The highest BCUT2D eigenvalue weighted by Gasteiger charge is 2.31. The minimum absolute atomic E-state index is 0.291. The first-order chi connectivity index (χ1) is 15.1. The van der Waals surface area contributed by atoms with Crippen molar-refractivity contribution in [1.82, 2.24) is 20.0 Å². The number of thiophene rings is 1. The van der Waals surface area contributed by atoms with Crippen LogP contribution in [0.1, 0.15) is 53.0 Å². The minimum Gasteiger partial charge on any atom is -0.349 e. The van der Waals surface area contributed by atoms with E-state index in [2.05, 4.69) is 10.4 Å². The van der Waals surface area contributed by atoms with Gasteiger partial charge in [-0.25, -0.2) is 4.68 Å². The van der Waals surface area contributed by atoms with Gasteiger partial charge < -0.3 is 4.90 Å². The number of fused-ring (bicyclic) bond motifs is 1. The van der Waals surface area contributed by atoms with Crippen molar-refractivity contribution < 1.29 is 18.0 Å². The first-order valence-electron chi connectivity index (χ1n) is 10.4. The summed E-state index contributed by atoms with van der Waals surface area (Å²) in [7, 11) is 1.90. The molecule has 170 valence electrons. The van der Waals surface area contributed by atoms with Crippen LogP contribution in [0.15, 0.2) is 30.3 Å². The first-order valence-corrected chi connectivity index (χ1v) is 11.6. The second-order valence-corrected chi connectivity index (χ2v) is 9.45. The Bertz CT molecular complexity index is 1160. The van der Waals surface area contributed by atoms with E-state index in [0.29, 0.717) is 32.2 Å². The molecule has 0 bridgehead atoms. The summed E-state index contributed by atoms with van der Waals surface area (Å²) in [4.78, 5) is 15.9. The van der Waals surface area contributed by atoms with Crippen molar-refractivity contribution in [3.05, 3.63) is 46.5 Å². The van der Waals surface area contributed by atoms with Crippen molar-refractivity contribution in [2.45, 2.75) is 51.2 Å².